The molecule has 1 unspecified atom stereocenters. The topological polar surface area (TPSA) is 93.1 Å². The van der Waals surface area contributed by atoms with E-state index in [-0.39, 0.29) is 19.6 Å². The van der Waals surface area contributed by atoms with Gasteiger partial charge in [0.15, 0.2) is 0 Å². The van der Waals surface area contributed by atoms with Gasteiger partial charge in [-0.2, -0.15) is 0 Å². The van der Waals surface area contributed by atoms with Crippen LogP contribution >= 0.6 is 0 Å². The molecule has 1 aliphatic heterocycles. The first kappa shape index (κ1) is 67.6. The summed E-state index contributed by atoms with van der Waals surface area (Å²) < 4.78 is 10.6. The van der Waals surface area contributed by atoms with Crippen LogP contribution in [0.25, 0.3) is 0 Å². The van der Waals surface area contributed by atoms with E-state index < -0.39 is 36.5 Å². The zero-order chi connectivity index (χ0) is 51.1. The molecular weight excluding hydrogens is 877 g/mol. The summed E-state index contributed by atoms with van der Waals surface area (Å²) >= 11 is 0. The van der Waals surface area contributed by atoms with Gasteiger partial charge in [0.25, 0.3) is 0 Å². The number of allylic oxidation sites excluding steroid dienone is 2. The Morgan fingerprint density at radius 1 is 0.366 bits per heavy atom. The van der Waals surface area contributed by atoms with Gasteiger partial charge in [0.2, 0.25) is 0 Å². The molecule has 1 saturated heterocycles. The number of esters is 2. The van der Waals surface area contributed by atoms with Crippen molar-refractivity contribution in [2.45, 2.75) is 354 Å². The molecule has 0 aromatic rings. The highest BCUT2D eigenvalue weighted by molar-refractivity contribution is 5.80. The number of unbranched alkanes of at least 4 members (excludes halogenated alkanes) is 50. The van der Waals surface area contributed by atoms with E-state index in [1.54, 1.807) is 0 Å². The highest BCUT2D eigenvalue weighted by Crippen LogP contribution is 2.25. The minimum atomic E-state index is -1.12. The van der Waals surface area contributed by atoms with E-state index in [9.17, 15) is 19.8 Å². The zero-order valence-electron chi connectivity index (χ0n) is 47.8. The maximum Gasteiger partial charge on any atom is 0.309 e. The Balaban J connectivity index is 1.68. The molecule has 1 rings (SSSR count). The summed E-state index contributed by atoms with van der Waals surface area (Å²) in [6.45, 7) is 1.21. The minimum Gasteiger partial charge on any atom is -0.465 e. The van der Waals surface area contributed by atoms with Crippen molar-refractivity contribution in [1.82, 2.24) is 0 Å². The Hall–Kier alpha value is -1.40. The average Bonchev–Trinajstić information content (AvgIpc) is 3.44. The molecule has 0 aliphatic carbocycles. The van der Waals surface area contributed by atoms with Crippen LogP contribution in [0.3, 0.4) is 0 Å². The Bertz CT molecular complexity index is 1120. The molecule has 0 saturated carbocycles. The van der Waals surface area contributed by atoms with Crippen LogP contribution in [-0.2, 0) is 19.1 Å². The van der Waals surface area contributed by atoms with Crippen LogP contribution in [0.5, 0.6) is 0 Å². The van der Waals surface area contributed by atoms with Crippen LogP contribution in [0.15, 0.2) is 12.2 Å². The van der Waals surface area contributed by atoms with Crippen molar-refractivity contribution < 1.29 is 29.3 Å². The number of cyclic esters (lactones) is 2. The Kier molecular flexibility index (Phi) is 52.2. The molecule has 6 nitrogen and oxygen atoms in total. The van der Waals surface area contributed by atoms with Crippen molar-refractivity contribution >= 4 is 11.9 Å². The van der Waals surface area contributed by atoms with Crippen molar-refractivity contribution in [3.05, 3.63) is 12.2 Å². The summed E-state index contributed by atoms with van der Waals surface area (Å²) in [7, 11) is 0. The summed E-state index contributed by atoms with van der Waals surface area (Å²) in [5.74, 6) is -1.40. The summed E-state index contributed by atoms with van der Waals surface area (Å²) in [5, 5.41) is 19.2. The Morgan fingerprint density at radius 3 is 0.873 bits per heavy atom. The smallest absolute Gasteiger partial charge is 0.309 e. The normalized spacial score (nSPS) is 15.3. The molecule has 0 bridgehead atoms. The number of carbonyl (C=O) groups excluding carboxylic acids is 2. The third-order valence-corrected chi connectivity index (χ3v) is 16.0. The summed E-state index contributed by atoms with van der Waals surface area (Å²) in [6.07, 6.45) is 78.7. The molecule has 1 atom stereocenters. The fourth-order valence-corrected chi connectivity index (χ4v) is 10.8. The van der Waals surface area contributed by atoms with Crippen LogP contribution in [0.1, 0.15) is 354 Å². The van der Waals surface area contributed by atoms with Gasteiger partial charge < -0.3 is 19.7 Å². The van der Waals surface area contributed by atoms with Gasteiger partial charge in [-0.3, -0.25) is 9.59 Å². The third-order valence-electron chi connectivity index (χ3n) is 16.0. The first-order valence-corrected chi connectivity index (χ1v) is 32.3. The van der Waals surface area contributed by atoms with E-state index in [0.29, 0.717) is 6.42 Å². The molecule has 0 aromatic heterocycles. The molecular formula is C65H124O6. The third kappa shape index (κ3) is 46.8. The molecule has 1 heterocycles. The molecule has 0 spiro atoms. The molecule has 0 amide bonds. The number of hydrogen-bond acceptors (Lipinski definition) is 6. The zero-order valence-corrected chi connectivity index (χ0v) is 47.8. The predicted molar refractivity (Wildman–Crippen MR) is 306 cm³/mol. The lowest BCUT2D eigenvalue weighted by atomic mass is 9.92. The number of rotatable bonds is 56. The number of ether oxygens (including phenoxy) is 2. The lowest BCUT2D eigenvalue weighted by molar-refractivity contribution is -0.155. The minimum absolute atomic E-state index is 0.00434. The fraction of sp³-hybridized carbons (Fsp3) is 0.938. The van der Waals surface area contributed by atoms with Crippen LogP contribution in [0, 0.1) is 11.3 Å². The largest absolute Gasteiger partial charge is 0.465 e. The van der Waals surface area contributed by atoms with Gasteiger partial charge in [-0.1, -0.05) is 327 Å². The van der Waals surface area contributed by atoms with Crippen LogP contribution in [0.4, 0.5) is 0 Å². The van der Waals surface area contributed by atoms with E-state index in [4.69, 9.17) is 9.47 Å². The molecule has 0 radical (unpaired) electrons. The second-order valence-electron chi connectivity index (χ2n) is 23.1. The predicted octanol–water partition coefficient (Wildman–Crippen LogP) is 20.3. The van der Waals surface area contributed by atoms with Crippen molar-refractivity contribution in [3.8, 4) is 0 Å². The SMILES string of the molecule is CCCCCCCCCCCCCCCCCCCCCCCCCCCCC/C=C/CCCCCCCCCCCCCCCCCCCCCCCCCC1CC(=O)OCC(CO)(CO)COC1=O. The van der Waals surface area contributed by atoms with E-state index in [0.717, 1.165) is 19.3 Å². The van der Waals surface area contributed by atoms with Crippen LogP contribution in [-0.4, -0.2) is 48.6 Å². The van der Waals surface area contributed by atoms with Crippen molar-refractivity contribution in [2.24, 2.45) is 11.3 Å². The summed E-state index contributed by atoms with van der Waals surface area (Å²) in [6, 6.07) is 0. The van der Waals surface area contributed by atoms with E-state index >= 15 is 0 Å². The number of aliphatic hydroxyl groups is 2. The van der Waals surface area contributed by atoms with Crippen molar-refractivity contribution in [3.63, 3.8) is 0 Å². The maximum atomic E-state index is 12.5. The van der Waals surface area contributed by atoms with Gasteiger partial charge in [-0.25, -0.2) is 0 Å². The standard InChI is InChI=1S/C65H124O6/c1-2-3-4-5-6-7-8-9-10-11-12-13-14-15-16-17-18-19-20-21-22-23-24-25-26-27-28-29-30-31-32-33-34-35-36-37-38-39-40-41-42-43-44-45-46-47-48-49-50-51-52-53-54-55-56-62-57-63(68)70-60-65(58-66,59-67)61-71-64(62)69/h30-31,62,66-67H,2-29,32-61H2,1H3/b31-30+. The van der Waals surface area contributed by atoms with Crippen LogP contribution < -0.4 is 0 Å². The highest BCUT2D eigenvalue weighted by Gasteiger charge is 2.36. The van der Waals surface area contributed by atoms with Gasteiger partial charge in [0, 0.05) is 0 Å². The Morgan fingerprint density at radius 2 is 0.606 bits per heavy atom. The van der Waals surface area contributed by atoms with Gasteiger partial charge in [-0.05, 0) is 32.1 Å². The van der Waals surface area contributed by atoms with E-state index in [2.05, 4.69) is 19.1 Å². The molecule has 2 N–H and O–H groups in total. The second kappa shape index (κ2) is 54.8. The van der Waals surface area contributed by atoms with Crippen LogP contribution in [0.2, 0.25) is 0 Å². The van der Waals surface area contributed by atoms with E-state index in [1.165, 1.54) is 315 Å². The number of hydrogen-bond donors (Lipinski definition) is 2. The van der Waals surface area contributed by atoms with Gasteiger partial charge >= 0.3 is 11.9 Å². The van der Waals surface area contributed by atoms with Gasteiger partial charge in [0.1, 0.15) is 13.2 Å². The monoisotopic (exact) mass is 1000 g/mol. The summed E-state index contributed by atoms with van der Waals surface area (Å²) in [5.41, 5.74) is -1.12. The fourth-order valence-electron chi connectivity index (χ4n) is 10.8. The number of aliphatic hydroxyl groups excluding tert-OH is 2. The van der Waals surface area contributed by atoms with Crippen molar-refractivity contribution in [2.75, 3.05) is 26.4 Å². The summed E-state index contributed by atoms with van der Waals surface area (Å²) in [4.78, 5) is 24.7. The molecule has 71 heavy (non-hydrogen) atoms. The molecule has 1 aliphatic rings. The number of carbonyl (C=O) groups is 2. The lowest BCUT2D eigenvalue weighted by Crippen LogP contribution is -2.40. The van der Waals surface area contributed by atoms with Gasteiger partial charge in [-0.15, -0.1) is 0 Å². The molecule has 1 fully saturated rings. The maximum absolute atomic E-state index is 12.5. The molecule has 420 valence electrons. The quantitative estimate of drug-likeness (QED) is 0.0358. The molecule has 0 aromatic carbocycles. The first-order chi connectivity index (χ1) is 35.1. The highest BCUT2D eigenvalue weighted by atomic mass is 16.6. The second-order valence-corrected chi connectivity index (χ2v) is 23.1. The van der Waals surface area contributed by atoms with E-state index in [1.807, 2.05) is 0 Å². The Labute approximate surface area is 443 Å². The lowest BCUT2D eigenvalue weighted by Gasteiger charge is -2.27. The average molecular weight is 1000 g/mol. The van der Waals surface area contributed by atoms with Crippen molar-refractivity contribution in [1.29, 1.82) is 0 Å². The first-order valence-electron chi connectivity index (χ1n) is 32.3. The van der Waals surface area contributed by atoms with Gasteiger partial charge in [0.05, 0.1) is 31.0 Å². The molecule has 6 heteroatoms.